The average molecular weight is 268 g/mol. The molecule has 0 saturated heterocycles. The fourth-order valence-corrected chi connectivity index (χ4v) is 1.31. The van der Waals surface area contributed by atoms with Gasteiger partial charge in [0.25, 0.3) is 0 Å². The zero-order valence-corrected chi connectivity index (χ0v) is 11.6. The summed E-state index contributed by atoms with van der Waals surface area (Å²) < 4.78 is 0. The molecule has 0 aliphatic heterocycles. The van der Waals surface area contributed by atoms with Crippen LogP contribution in [0.25, 0.3) is 0 Å². The first-order chi connectivity index (χ1) is 8.67. The zero-order chi connectivity index (χ0) is 14.7. The van der Waals surface area contributed by atoms with Crippen LogP contribution in [0.1, 0.15) is 33.4 Å². The lowest BCUT2D eigenvalue weighted by Gasteiger charge is -2.38. The molecule has 2 amide bonds. The predicted molar refractivity (Wildman–Crippen MR) is 69.5 cm³/mol. The smallest absolute Gasteiger partial charge is 0.315 e. The summed E-state index contributed by atoms with van der Waals surface area (Å²) in [6.45, 7) is 6.80. The van der Waals surface area contributed by atoms with Crippen molar-refractivity contribution in [2.24, 2.45) is 5.41 Å². The Morgan fingerprint density at radius 2 is 2.00 bits per heavy atom. The Labute approximate surface area is 111 Å². The molecule has 106 valence electrons. The third kappa shape index (κ3) is 3.46. The van der Waals surface area contributed by atoms with Gasteiger partial charge in [0.1, 0.15) is 0 Å². The van der Waals surface area contributed by atoms with E-state index in [4.69, 9.17) is 0 Å². The molecule has 0 bridgehead atoms. The fraction of sp³-hybridized carbons (Fsp3) is 0.583. The molecule has 1 heterocycles. The maximum absolute atomic E-state index is 11.8. The van der Waals surface area contributed by atoms with Gasteiger partial charge in [-0.3, -0.25) is 4.79 Å². The van der Waals surface area contributed by atoms with E-state index < -0.39 is 23.0 Å². The topological polar surface area (TPSA) is 107 Å². The van der Waals surface area contributed by atoms with Crippen molar-refractivity contribution >= 4 is 12.0 Å². The van der Waals surface area contributed by atoms with E-state index in [9.17, 15) is 14.7 Å². The van der Waals surface area contributed by atoms with Crippen molar-refractivity contribution in [3.8, 4) is 0 Å². The van der Waals surface area contributed by atoms with Crippen LogP contribution in [0.4, 0.5) is 4.79 Å². The number of aromatic nitrogens is 2. The normalized spacial score (nSPS) is 12.0. The molecule has 1 aromatic heterocycles. The Bertz CT molecular complexity index is 452. The van der Waals surface area contributed by atoms with E-state index in [-0.39, 0.29) is 0 Å². The Hall–Kier alpha value is -2.05. The molecule has 7 nitrogen and oxygen atoms in total. The molecule has 0 radical (unpaired) electrons. The summed E-state index contributed by atoms with van der Waals surface area (Å²) in [5, 5.41) is 14.5. The first-order valence-corrected chi connectivity index (χ1v) is 5.93. The molecular weight excluding hydrogens is 248 g/mol. The van der Waals surface area contributed by atoms with Crippen molar-refractivity contribution < 1.29 is 14.7 Å². The lowest BCUT2D eigenvalue weighted by atomic mass is 9.74. The summed E-state index contributed by atoms with van der Waals surface area (Å²) in [5.41, 5.74) is -1.21. The third-order valence-electron chi connectivity index (χ3n) is 3.52. The number of imidazole rings is 1. The molecule has 0 aliphatic carbocycles. The van der Waals surface area contributed by atoms with E-state index >= 15 is 0 Å². The number of nitrogens with one attached hydrogen (secondary N) is 3. The van der Waals surface area contributed by atoms with Crippen molar-refractivity contribution in [3.63, 3.8) is 0 Å². The number of aromatic amines is 1. The number of aliphatic carboxylic acids is 1. The van der Waals surface area contributed by atoms with Gasteiger partial charge in [-0.2, -0.15) is 0 Å². The Kier molecular flexibility index (Phi) is 4.18. The minimum Gasteiger partial charge on any atom is -0.481 e. The number of carbonyl (C=O) groups is 2. The highest BCUT2D eigenvalue weighted by molar-refractivity contribution is 5.79. The van der Waals surface area contributed by atoms with Crippen LogP contribution in [0.15, 0.2) is 12.5 Å². The van der Waals surface area contributed by atoms with Crippen LogP contribution in [0.5, 0.6) is 0 Å². The van der Waals surface area contributed by atoms with E-state index in [1.165, 1.54) is 6.33 Å². The summed E-state index contributed by atoms with van der Waals surface area (Å²) in [7, 11) is 0. The molecule has 0 fully saturated rings. The van der Waals surface area contributed by atoms with Gasteiger partial charge in [-0.05, 0) is 27.7 Å². The van der Waals surface area contributed by atoms with E-state index in [2.05, 4.69) is 20.6 Å². The summed E-state index contributed by atoms with van der Waals surface area (Å²) >= 11 is 0. The van der Waals surface area contributed by atoms with E-state index in [1.54, 1.807) is 33.9 Å². The van der Waals surface area contributed by atoms with Crippen LogP contribution in [0.2, 0.25) is 0 Å². The molecule has 1 aromatic rings. The quantitative estimate of drug-likeness (QED) is 0.641. The number of urea groups is 1. The second kappa shape index (κ2) is 5.29. The maximum Gasteiger partial charge on any atom is 0.315 e. The molecule has 0 spiro atoms. The largest absolute Gasteiger partial charge is 0.481 e. The molecule has 0 saturated carbocycles. The van der Waals surface area contributed by atoms with Crippen molar-refractivity contribution in [2.45, 2.75) is 39.8 Å². The molecule has 4 N–H and O–H groups in total. The van der Waals surface area contributed by atoms with Crippen molar-refractivity contribution in [3.05, 3.63) is 18.2 Å². The van der Waals surface area contributed by atoms with Crippen LogP contribution < -0.4 is 10.6 Å². The molecule has 1 rings (SSSR count). The third-order valence-corrected chi connectivity index (χ3v) is 3.52. The average Bonchev–Trinajstić information content (AvgIpc) is 2.78. The van der Waals surface area contributed by atoms with Crippen molar-refractivity contribution in [2.75, 3.05) is 0 Å². The second-order valence-corrected chi connectivity index (χ2v) is 5.44. The standard InChI is InChI=1S/C12H20N4O3/c1-11(2,9(17)18)12(3,4)16-10(19)14-6-8-5-13-7-15-8/h5,7H,6H2,1-4H3,(H,13,15)(H,17,18)(H2,14,16,19). The molecule has 0 aromatic carbocycles. The highest BCUT2D eigenvalue weighted by Gasteiger charge is 2.44. The van der Waals surface area contributed by atoms with Gasteiger partial charge in [-0.25, -0.2) is 9.78 Å². The number of carbonyl (C=O) groups excluding carboxylic acids is 1. The van der Waals surface area contributed by atoms with Crippen molar-refractivity contribution in [1.82, 2.24) is 20.6 Å². The van der Waals surface area contributed by atoms with Gasteiger partial charge in [0.15, 0.2) is 0 Å². The highest BCUT2D eigenvalue weighted by Crippen LogP contribution is 2.30. The number of amides is 2. The zero-order valence-electron chi connectivity index (χ0n) is 11.6. The second-order valence-electron chi connectivity index (χ2n) is 5.44. The van der Waals surface area contributed by atoms with Gasteiger partial charge in [0.05, 0.1) is 29.5 Å². The molecule has 19 heavy (non-hydrogen) atoms. The van der Waals surface area contributed by atoms with Crippen LogP contribution in [-0.4, -0.2) is 32.6 Å². The summed E-state index contributed by atoms with van der Waals surface area (Å²) in [5.74, 6) is -0.966. The van der Waals surface area contributed by atoms with E-state index in [0.717, 1.165) is 5.69 Å². The lowest BCUT2D eigenvalue weighted by Crippen LogP contribution is -2.58. The first-order valence-electron chi connectivity index (χ1n) is 5.93. The lowest BCUT2D eigenvalue weighted by molar-refractivity contribution is -0.150. The molecular formula is C12H20N4O3. The van der Waals surface area contributed by atoms with E-state index in [1.807, 2.05) is 0 Å². The van der Waals surface area contributed by atoms with Gasteiger partial charge >= 0.3 is 12.0 Å². The van der Waals surface area contributed by atoms with Crippen LogP contribution in [0, 0.1) is 5.41 Å². The Morgan fingerprint density at radius 3 is 2.47 bits per heavy atom. The summed E-state index contributed by atoms with van der Waals surface area (Å²) in [6.07, 6.45) is 3.12. The number of nitrogens with zero attached hydrogens (tertiary/aromatic N) is 1. The number of rotatable bonds is 5. The highest BCUT2D eigenvalue weighted by atomic mass is 16.4. The summed E-state index contributed by atoms with van der Waals surface area (Å²) in [6, 6.07) is -0.422. The Balaban J connectivity index is 2.58. The van der Waals surface area contributed by atoms with Gasteiger partial charge in [-0.1, -0.05) is 0 Å². The van der Waals surface area contributed by atoms with Crippen LogP contribution >= 0.6 is 0 Å². The minimum atomic E-state index is -1.08. The fourth-order valence-electron chi connectivity index (χ4n) is 1.31. The van der Waals surface area contributed by atoms with Crippen LogP contribution in [0.3, 0.4) is 0 Å². The van der Waals surface area contributed by atoms with Crippen molar-refractivity contribution in [1.29, 1.82) is 0 Å². The molecule has 0 unspecified atom stereocenters. The Morgan fingerprint density at radius 1 is 1.37 bits per heavy atom. The predicted octanol–water partition coefficient (Wildman–Crippen LogP) is 1.10. The maximum atomic E-state index is 11.8. The molecule has 0 atom stereocenters. The van der Waals surface area contributed by atoms with Gasteiger partial charge in [0.2, 0.25) is 0 Å². The number of hydrogen-bond donors (Lipinski definition) is 4. The molecule has 0 aliphatic rings. The summed E-state index contributed by atoms with van der Waals surface area (Å²) in [4.78, 5) is 29.7. The van der Waals surface area contributed by atoms with E-state index in [0.29, 0.717) is 6.54 Å². The van der Waals surface area contributed by atoms with Gasteiger partial charge < -0.3 is 20.7 Å². The first kappa shape index (κ1) is 15.0. The number of carboxylic acid groups (broad SMARTS) is 1. The molecule has 7 heteroatoms. The van der Waals surface area contributed by atoms with Crippen LogP contribution in [-0.2, 0) is 11.3 Å². The number of carboxylic acids is 1. The number of hydrogen-bond acceptors (Lipinski definition) is 3. The number of H-pyrrole nitrogens is 1. The van der Waals surface area contributed by atoms with Gasteiger partial charge in [-0.15, -0.1) is 0 Å². The van der Waals surface area contributed by atoms with Gasteiger partial charge in [0, 0.05) is 6.20 Å². The SMILES string of the molecule is CC(C)(NC(=O)NCc1cnc[nH]1)C(C)(C)C(=O)O. The minimum absolute atomic E-state index is 0.301. The monoisotopic (exact) mass is 268 g/mol.